The first kappa shape index (κ1) is 15.8. The predicted molar refractivity (Wildman–Crippen MR) is 92.1 cm³/mol. The van der Waals surface area contributed by atoms with Crippen molar-refractivity contribution in [3.8, 4) is 0 Å². The Labute approximate surface area is 138 Å². The summed E-state index contributed by atoms with van der Waals surface area (Å²) in [5.74, 6) is 1.60. The van der Waals surface area contributed by atoms with Gasteiger partial charge in [0.2, 0.25) is 5.91 Å². The molecule has 1 aromatic rings. The van der Waals surface area contributed by atoms with Crippen LogP contribution in [0.1, 0.15) is 24.8 Å². The summed E-state index contributed by atoms with van der Waals surface area (Å²) in [6.07, 6.45) is 3.05. The van der Waals surface area contributed by atoms with Crippen LogP contribution in [0.5, 0.6) is 0 Å². The van der Waals surface area contributed by atoms with E-state index in [0.717, 1.165) is 19.0 Å². The fourth-order valence-electron chi connectivity index (χ4n) is 3.03. The van der Waals surface area contributed by atoms with Crippen LogP contribution >= 0.6 is 0 Å². The van der Waals surface area contributed by atoms with Crippen molar-refractivity contribution in [2.45, 2.75) is 31.8 Å². The zero-order valence-electron chi connectivity index (χ0n) is 14.0. The van der Waals surface area contributed by atoms with Crippen LogP contribution < -0.4 is 5.32 Å². The minimum Gasteiger partial charge on any atom is -0.356 e. The molecule has 5 heteroatoms. The van der Waals surface area contributed by atoms with Crippen LogP contribution in [0.3, 0.4) is 0 Å². The Hall–Kier alpha value is -2.04. The molecule has 0 radical (unpaired) electrons. The maximum absolute atomic E-state index is 12.0. The number of nitrogens with zero attached hydrogens (tertiary/aromatic N) is 3. The van der Waals surface area contributed by atoms with Crippen LogP contribution in [0.4, 0.5) is 0 Å². The van der Waals surface area contributed by atoms with Gasteiger partial charge in [-0.05, 0) is 18.4 Å². The van der Waals surface area contributed by atoms with E-state index in [9.17, 15) is 4.79 Å². The van der Waals surface area contributed by atoms with E-state index in [-0.39, 0.29) is 0 Å². The molecule has 1 N–H and O–H groups in total. The van der Waals surface area contributed by atoms with E-state index in [1.807, 2.05) is 37.2 Å². The van der Waals surface area contributed by atoms with E-state index in [0.29, 0.717) is 30.8 Å². The topological polar surface area (TPSA) is 47.9 Å². The average Bonchev–Trinajstić information content (AvgIpc) is 3.31. The largest absolute Gasteiger partial charge is 0.356 e. The second-order valence-electron chi connectivity index (χ2n) is 6.75. The molecule has 23 heavy (non-hydrogen) atoms. The zero-order chi connectivity index (χ0) is 16.2. The van der Waals surface area contributed by atoms with Gasteiger partial charge in [0.1, 0.15) is 0 Å². The Morgan fingerprint density at radius 1 is 1.30 bits per heavy atom. The molecule has 1 aromatic carbocycles. The van der Waals surface area contributed by atoms with Crippen LogP contribution in [0.25, 0.3) is 0 Å². The van der Waals surface area contributed by atoms with Crippen molar-refractivity contribution < 1.29 is 4.79 Å². The number of rotatable bonds is 5. The molecule has 2 fully saturated rings. The first-order valence-electron chi connectivity index (χ1n) is 8.42. The minimum atomic E-state index is 0.326. The van der Waals surface area contributed by atoms with Gasteiger partial charge in [-0.25, -0.2) is 4.99 Å². The van der Waals surface area contributed by atoms with Crippen molar-refractivity contribution in [3.63, 3.8) is 0 Å². The van der Waals surface area contributed by atoms with Gasteiger partial charge in [0.05, 0.1) is 6.54 Å². The van der Waals surface area contributed by atoms with Gasteiger partial charge in [-0.15, -0.1) is 0 Å². The van der Waals surface area contributed by atoms with Gasteiger partial charge in [-0.2, -0.15) is 0 Å². The van der Waals surface area contributed by atoms with Gasteiger partial charge in [0, 0.05) is 45.6 Å². The first-order valence-corrected chi connectivity index (χ1v) is 8.42. The number of aliphatic imine (C=N–C) groups is 1. The third kappa shape index (κ3) is 4.24. The molecule has 1 unspecified atom stereocenters. The molecule has 2 aliphatic rings. The van der Waals surface area contributed by atoms with E-state index >= 15 is 0 Å². The third-order valence-corrected chi connectivity index (χ3v) is 4.45. The van der Waals surface area contributed by atoms with Gasteiger partial charge in [-0.1, -0.05) is 30.3 Å². The Morgan fingerprint density at radius 2 is 2.04 bits per heavy atom. The highest BCUT2D eigenvalue weighted by atomic mass is 16.2. The van der Waals surface area contributed by atoms with E-state index < -0.39 is 0 Å². The van der Waals surface area contributed by atoms with Gasteiger partial charge >= 0.3 is 0 Å². The summed E-state index contributed by atoms with van der Waals surface area (Å²) in [5.41, 5.74) is 1.20. The highest BCUT2D eigenvalue weighted by Crippen LogP contribution is 2.32. The van der Waals surface area contributed by atoms with Crippen LogP contribution in [-0.2, 0) is 11.3 Å². The molecule has 1 amide bonds. The van der Waals surface area contributed by atoms with Crippen molar-refractivity contribution in [3.05, 3.63) is 35.9 Å². The molecule has 0 bridgehead atoms. The van der Waals surface area contributed by atoms with E-state index in [4.69, 9.17) is 0 Å². The van der Waals surface area contributed by atoms with Crippen LogP contribution in [0, 0.1) is 5.92 Å². The molecule has 1 saturated carbocycles. The summed E-state index contributed by atoms with van der Waals surface area (Å²) in [6.45, 7) is 2.37. The van der Waals surface area contributed by atoms with Crippen molar-refractivity contribution in [1.29, 1.82) is 0 Å². The number of likely N-dealkylation sites (tertiary alicyclic amines) is 1. The lowest BCUT2D eigenvalue weighted by Gasteiger charge is -2.20. The Balaban J connectivity index is 1.52. The van der Waals surface area contributed by atoms with Gasteiger partial charge in [-0.3, -0.25) is 4.79 Å². The number of nitrogens with one attached hydrogen (secondary N) is 1. The minimum absolute atomic E-state index is 0.326. The smallest absolute Gasteiger partial charge is 0.223 e. The van der Waals surface area contributed by atoms with E-state index in [1.165, 1.54) is 18.4 Å². The summed E-state index contributed by atoms with van der Waals surface area (Å²) in [4.78, 5) is 20.8. The maximum Gasteiger partial charge on any atom is 0.223 e. The number of guanidine groups is 1. The van der Waals surface area contributed by atoms with Crippen LogP contribution in [-0.4, -0.2) is 54.9 Å². The standard InChI is InChI=1S/C18H26N4O/c1-21(2)18(19-11-14-6-4-3-5-7-14)20-12-15-10-17(23)22(13-15)16-8-9-16/h3-7,15-16H,8-13H2,1-2H3,(H,19,20). The number of amides is 1. The highest BCUT2D eigenvalue weighted by molar-refractivity contribution is 5.81. The molecule has 3 rings (SSSR count). The third-order valence-electron chi connectivity index (χ3n) is 4.45. The van der Waals surface area contributed by atoms with Crippen molar-refractivity contribution >= 4 is 11.9 Å². The van der Waals surface area contributed by atoms with Crippen molar-refractivity contribution in [1.82, 2.24) is 15.1 Å². The quantitative estimate of drug-likeness (QED) is 0.665. The second kappa shape index (κ2) is 7.02. The lowest BCUT2D eigenvalue weighted by atomic mass is 10.1. The maximum atomic E-state index is 12.0. The summed E-state index contributed by atoms with van der Waals surface area (Å²) in [6, 6.07) is 10.8. The van der Waals surface area contributed by atoms with E-state index in [2.05, 4.69) is 27.3 Å². The molecule has 1 aliphatic heterocycles. The summed E-state index contributed by atoms with van der Waals surface area (Å²) < 4.78 is 0. The fraction of sp³-hybridized carbons (Fsp3) is 0.556. The van der Waals surface area contributed by atoms with E-state index in [1.54, 1.807) is 0 Å². The molecule has 1 saturated heterocycles. The monoisotopic (exact) mass is 314 g/mol. The van der Waals surface area contributed by atoms with Gasteiger partial charge < -0.3 is 15.1 Å². The molecular formula is C18H26N4O. The Bertz CT molecular complexity index is 566. The molecular weight excluding hydrogens is 288 g/mol. The normalized spacial score (nSPS) is 21.7. The first-order chi connectivity index (χ1) is 11.1. The van der Waals surface area contributed by atoms with Crippen molar-refractivity contribution in [2.75, 3.05) is 27.2 Å². The SMILES string of the molecule is CN(C)C(=NCc1ccccc1)NCC1CC(=O)N(C2CC2)C1. The second-order valence-corrected chi connectivity index (χ2v) is 6.75. The number of carbonyl (C=O) groups is 1. The molecule has 0 aromatic heterocycles. The van der Waals surface area contributed by atoms with Crippen molar-refractivity contribution in [2.24, 2.45) is 10.9 Å². The number of carbonyl (C=O) groups excluding carboxylic acids is 1. The number of benzene rings is 1. The molecule has 1 aliphatic carbocycles. The summed E-state index contributed by atoms with van der Waals surface area (Å²) >= 11 is 0. The Kier molecular flexibility index (Phi) is 4.84. The van der Waals surface area contributed by atoms with Crippen LogP contribution in [0.15, 0.2) is 35.3 Å². The zero-order valence-corrected chi connectivity index (χ0v) is 14.0. The van der Waals surface area contributed by atoms with Gasteiger partial charge in [0.15, 0.2) is 5.96 Å². The number of hydrogen-bond acceptors (Lipinski definition) is 2. The predicted octanol–water partition coefficient (Wildman–Crippen LogP) is 1.70. The summed E-state index contributed by atoms with van der Waals surface area (Å²) in [5, 5.41) is 3.43. The molecule has 5 nitrogen and oxygen atoms in total. The Morgan fingerprint density at radius 3 is 2.70 bits per heavy atom. The molecule has 0 spiro atoms. The lowest BCUT2D eigenvalue weighted by Crippen LogP contribution is -2.39. The molecule has 124 valence electrons. The summed E-state index contributed by atoms with van der Waals surface area (Å²) in [7, 11) is 3.99. The average molecular weight is 314 g/mol. The molecule has 1 heterocycles. The van der Waals surface area contributed by atoms with Crippen LogP contribution in [0.2, 0.25) is 0 Å². The highest BCUT2D eigenvalue weighted by Gasteiger charge is 2.39. The lowest BCUT2D eigenvalue weighted by molar-refractivity contribution is -0.128. The van der Waals surface area contributed by atoms with Gasteiger partial charge in [0.25, 0.3) is 0 Å². The number of hydrogen-bond donors (Lipinski definition) is 1. The molecule has 1 atom stereocenters. The fourth-order valence-corrected chi connectivity index (χ4v) is 3.03.